The summed E-state index contributed by atoms with van der Waals surface area (Å²) in [4.78, 5) is 11.1. The summed E-state index contributed by atoms with van der Waals surface area (Å²) >= 11 is 0. The van der Waals surface area contributed by atoms with Gasteiger partial charge >= 0.3 is 5.97 Å². The topological polar surface area (TPSA) is 26.3 Å². The molecule has 0 aromatic heterocycles. The van der Waals surface area contributed by atoms with Gasteiger partial charge in [0.2, 0.25) is 0 Å². The maximum absolute atomic E-state index is 11.1. The second-order valence-electron chi connectivity index (χ2n) is 4.42. The molecule has 0 saturated carbocycles. The van der Waals surface area contributed by atoms with Gasteiger partial charge in [-0.25, -0.2) is 0 Å². The van der Waals surface area contributed by atoms with Crippen molar-refractivity contribution >= 4 is 5.97 Å². The Morgan fingerprint density at radius 3 is 2.43 bits per heavy atom. The van der Waals surface area contributed by atoms with Crippen LogP contribution in [0.5, 0.6) is 0 Å². The van der Waals surface area contributed by atoms with Crippen LogP contribution in [-0.2, 0) is 9.53 Å². The smallest absolute Gasteiger partial charge is 0.305 e. The van der Waals surface area contributed by atoms with Crippen molar-refractivity contribution in [1.82, 2.24) is 0 Å². The third-order valence-electron chi connectivity index (χ3n) is 2.45. The van der Waals surface area contributed by atoms with Crippen LogP contribution in [0.3, 0.4) is 0 Å². The molecule has 0 aliphatic carbocycles. The Hall–Kier alpha value is -0.530. The lowest BCUT2D eigenvalue weighted by Crippen LogP contribution is -2.12. The molecular formula is C12H24O2. The monoisotopic (exact) mass is 200 g/mol. The Labute approximate surface area is 88.0 Å². The molecular weight excluding hydrogens is 176 g/mol. The van der Waals surface area contributed by atoms with Crippen molar-refractivity contribution in [2.45, 2.75) is 52.9 Å². The Morgan fingerprint density at radius 1 is 1.36 bits per heavy atom. The van der Waals surface area contributed by atoms with E-state index in [1.54, 1.807) is 0 Å². The van der Waals surface area contributed by atoms with E-state index in [9.17, 15) is 4.79 Å². The van der Waals surface area contributed by atoms with Gasteiger partial charge in [-0.2, -0.15) is 0 Å². The van der Waals surface area contributed by atoms with E-state index in [0.717, 1.165) is 12.8 Å². The normalized spacial score (nSPS) is 12.9. The molecule has 0 aliphatic heterocycles. The molecule has 0 saturated heterocycles. The van der Waals surface area contributed by atoms with Crippen LogP contribution >= 0.6 is 0 Å². The number of ether oxygens (including phenoxy) is 1. The third kappa shape index (κ3) is 6.93. The van der Waals surface area contributed by atoms with Crippen molar-refractivity contribution in [1.29, 1.82) is 0 Å². The van der Waals surface area contributed by atoms with Crippen LogP contribution in [0.1, 0.15) is 52.9 Å². The molecule has 0 aromatic carbocycles. The first-order chi connectivity index (χ1) is 6.60. The zero-order chi connectivity index (χ0) is 11.0. The first kappa shape index (κ1) is 13.5. The van der Waals surface area contributed by atoms with Crippen molar-refractivity contribution in [3.8, 4) is 0 Å². The van der Waals surface area contributed by atoms with E-state index in [4.69, 9.17) is 4.74 Å². The van der Waals surface area contributed by atoms with Gasteiger partial charge in [0, 0.05) is 6.42 Å². The average molecular weight is 200 g/mol. The summed E-state index contributed by atoms with van der Waals surface area (Å²) in [5.41, 5.74) is 0. The van der Waals surface area contributed by atoms with E-state index in [1.807, 2.05) is 0 Å². The number of carbonyl (C=O) groups is 1. The molecule has 0 fully saturated rings. The maximum Gasteiger partial charge on any atom is 0.305 e. The number of methoxy groups -OCH3 is 1. The van der Waals surface area contributed by atoms with E-state index in [1.165, 1.54) is 20.0 Å². The number of hydrogen-bond acceptors (Lipinski definition) is 2. The first-order valence-electron chi connectivity index (χ1n) is 5.66. The van der Waals surface area contributed by atoms with Gasteiger partial charge in [-0.1, -0.05) is 33.6 Å². The Morgan fingerprint density at radius 2 is 2.00 bits per heavy atom. The second-order valence-corrected chi connectivity index (χ2v) is 4.42. The number of hydrogen-bond donors (Lipinski definition) is 0. The Bertz CT molecular complexity index is 152. The van der Waals surface area contributed by atoms with E-state index < -0.39 is 0 Å². The van der Waals surface area contributed by atoms with Crippen molar-refractivity contribution in [3.63, 3.8) is 0 Å². The lowest BCUT2D eigenvalue weighted by molar-refractivity contribution is -0.141. The molecule has 0 rings (SSSR count). The van der Waals surface area contributed by atoms with Crippen LogP contribution in [0.15, 0.2) is 0 Å². The van der Waals surface area contributed by atoms with E-state index in [0.29, 0.717) is 18.3 Å². The van der Waals surface area contributed by atoms with E-state index >= 15 is 0 Å². The third-order valence-corrected chi connectivity index (χ3v) is 2.45. The molecule has 1 atom stereocenters. The quantitative estimate of drug-likeness (QED) is 0.589. The van der Waals surface area contributed by atoms with Gasteiger partial charge in [0.25, 0.3) is 0 Å². The van der Waals surface area contributed by atoms with Crippen molar-refractivity contribution in [2.75, 3.05) is 7.11 Å². The number of rotatable bonds is 7. The molecule has 14 heavy (non-hydrogen) atoms. The number of esters is 1. The molecule has 0 aliphatic rings. The minimum absolute atomic E-state index is 0.0632. The predicted molar refractivity (Wildman–Crippen MR) is 59.1 cm³/mol. The summed E-state index contributed by atoms with van der Waals surface area (Å²) in [5.74, 6) is 1.12. The molecule has 0 radical (unpaired) electrons. The fourth-order valence-corrected chi connectivity index (χ4v) is 1.78. The highest BCUT2D eigenvalue weighted by atomic mass is 16.5. The van der Waals surface area contributed by atoms with Gasteiger partial charge in [-0.3, -0.25) is 4.79 Å². The summed E-state index contributed by atoms with van der Waals surface area (Å²) in [6, 6.07) is 0. The van der Waals surface area contributed by atoms with Gasteiger partial charge in [0.1, 0.15) is 0 Å². The van der Waals surface area contributed by atoms with Gasteiger partial charge in [-0.05, 0) is 24.7 Å². The van der Waals surface area contributed by atoms with Crippen LogP contribution in [0, 0.1) is 11.8 Å². The number of carbonyl (C=O) groups excluding carboxylic acids is 1. The Kier molecular flexibility index (Phi) is 7.54. The fraction of sp³-hybridized carbons (Fsp3) is 0.917. The highest BCUT2D eigenvalue weighted by molar-refractivity contribution is 5.69. The van der Waals surface area contributed by atoms with Crippen LogP contribution in [0.2, 0.25) is 0 Å². The van der Waals surface area contributed by atoms with Crippen molar-refractivity contribution in [3.05, 3.63) is 0 Å². The Balaban J connectivity index is 3.89. The summed E-state index contributed by atoms with van der Waals surface area (Å²) in [6.45, 7) is 6.59. The molecule has 0 heterocycles. The highest BCUT2D eigenvalue weighted by Gasteiger charge is 2.15. The van der Waals surface area contributed by atoms with Gasteiger partial charge in [-0.15, -0.1) is 0 Å². The molecule has 0 aromatic rings. The van der Waals surface area contributed by atoms with Crippen LogP contribution in [-0.4, -0.2) is 13.1 Å². The summed E-state index contributed by atoms with van der Waals surface area (Å²) in [7, 11) is 1.47. The van der Waals surface area contributed by atoms with Crippen LogP contribution < -0.4 is 0 Å². The lowest BCUT2D eigenvalue weighted by atomic mass is 9.90. The predicted octanol–water partition coefficient (Wildman–Crippen LogP) is 3.40. The first-order valence-corrected chi connectivity index (χ1v) is 5.66. The lowest BCUT2D eigenvalue weighted by Gasteiger charge is -2.17. The molecule has 84 valence electrons. The minimum Gasteiger partial charge on any atom is -0.469 e. The standard InChI is InChI=1S/C12H24O2/c1-5-6-7-11(8-10(2)3)9-12(13)14-4/h10-11H,5-9H2,1-4H3/t11-/m1/s1. The largest absolute Gasteiger partial charge is 0.469 e. The van der Waals surface area contributed by atoms with Crippen LogP contribution in [0.25, 0.3) is 0 Å². The molecule has 2 nitrogen and oxygen atoms in total. The molecule has 0 unspecified atom stereocenters. The zero-order valence-electron chi connectivity index (χ0n) is 10.0. The zero-order valence-corrected chi connectivity index (χ0v) is 10.0. The SMILES string of the molecule is CCCC[C@@H](CC(=O)OC)CC(C)C. The summed E-state index contributed by atoms with van der Waals surface area (Å²) < 4.78 is 4.70. The van der Waals surface area contributed by atoms with Gasteiger partial charge < -0.3 is 4.74 Å². The highest BCUT2D eigenvalue weighted by Crippen LogP contribution is 2.21. The number of unbranched alkanes of at least 4 members (excludes halogenated alkanes) is 1. The summed E-state index contributed by atoms with van der Waals surface area (Å²) in [5, 5.41) is 0. The summed E-state index contributed by atoms with van der Waals surface area (Å²) in [6.07, 6.45) is 5.30. The minimum atomic E-state index is -0.0632. The van der Waals surface area contributed by atoms with E-state index in [2.05, 4.69) is 20.8 Å². The fourth-order valence-electron chi connectivity index (χ4n) is 1.78. The van der Waals surface area contributed by atoms with Gasteiger partial charge in [0.15, 0.2) is 0 Å². The molecule has 0 bridgehead atoms. The molecule has 2 heteroatoms. The maximum atomic E-state index is 11.1. The van der Waals surface area contributed by atoms with Crippen molar-refractivity contribution < 1.29 is 9.53 Å². The van der Waals surface area contributed by atoms with Crippen LogP contribution in [0.4, 0.5) is 0 Å². The average Bonchev–Trinajstić information content (AvgIpc) is 2.13. The molecule has 0 amide bonds. The van der Waals surface area contributed by atoms with Gasteiger partial charge in [0.05, 0.1) is 7.11 Å². The second kappa shape index (κ2) is 7.84. The molecule has 0 N–H and O–H groups in total. The molecule has 0 spiro atoms. The van der Waals surface area contributed by atoms with E-state index in [-0.39, 0.29) is 5.97 Å². The van der Waals surface area contributed by atoms with Crippen molar-refractivity contribution in [2.24, 2.45) is 11.8 Å².